The fraction of sp³-hybridized carbons (Fsp3) is 0.364. The third-order valence-electron chi connectivity index (χ3n) is 1.84. The first-order valence-corrected chi connectivity index (χ1v) is 4.84. The number of aliphatic hydroxyl groups excluding tert-OH is 1. The van der Waals surface area contributed by atoms with Gasteiger partial charge in [-0.2, -0.15) is 0 Å². The smallest absolute Gasteiger partial charge is 0.260 e. The Morgan fingerprint density at radius 3 is 2.73 bits per heavy atom. The van der Waals surface area contributed by atoms with Crippen molar-refractivity contribution in [3.8, 4) is 5.75 Å². The molecule has 0 unspecified atom stereocenters. The molecule has 82 valence electrons. The van der Waals surface area contributed by atoms with Crippen LogP contribution in [0.4, 0.5) is 0 Å². The Balaban J connectivity index is 2.41. The molecule has 1 rings (SSSR count). The summed E-state index contributed by atoms with van der Waals surface area (Å²) in [6.45, 7) is 1.85. The van der Waals surface area contributed by atoms with Crippen LogP contribution in [0.2, 0.25) is 0 Å². The summed E-state index contributed by atoms with van der Waals surface area (Å²) in [4.78, 5) is 11.4. The topological polar surface area (TPSA) is 58.6 Å². The number of ether oxygens (including phenoxy) is 1. The van der Waals surface area contributed by atoms with Gasteiger partial charge in [-0.15, -0.1) is 0 Å². The van der Waals surface area contributed by atoms with E-state index in [1.807, 2.05) is 18.2 Å². The van der Waals surface area contributed by atoms with Crippen LogP contribution < -0.4 is 10.1 Å². The number of hydrogen-bond acceptors (Lipinski definition) is 3. The summed E-state index contributed by atoms with van der Waals surface area (Å²) in [5, 5.41) is 11.1. The molecule has 0 aliphatic heterocycles. The largest absolute Gasteiger partial charge is 0.481 e. The maximum absolute atomic E-state index is 11.4. The van der Waals surface area contributed by atoms with E-state index in [2.05, 4.69) is 5.32 Å². The third-order valence-corrected chi connectivity index (χ3v) is 1.84. The maximum Gasteiger partial charge on any atom is 0.260 e. The standard InChI is InChI=1S/C11H15NO3/c1-9(11(14)12-7-8-13)15-10-5-3-2-4-6-10/h2-6,9,13H,7-8H2,1H3,(H,12,14)/t9-/m0/s1. The van der Waals surface area contributed by atoms with E-state index >= 15 is 0 Å². The summed E-state index contributed by atoms with van der Waals surface area (Å²) in [5.74, 6) is 0.428. The van der Waals surface area contributed by atoms with Crippen molar-refractivity contribution in [2.75, 3.05) is 13.2 Å². The minimum absolute atomic E-state index is 0.0657. The second kappa shape index (κ2) is 6.03. The summed E-state index contributed by atoms with van der Waals surface area (Å²) in [7, 11) is 0. The highest BCUT2D eigenvalue weighted by Gasteiger charge is 2.13. The number of carbonyl (C=O) groups is 1. The molecule has 0 aliphatic carbocycles. The monoisotopic (exact) mass is 209 g/mol. The zero-order valence-electron chi connectivity index (χ0n) is 8.64. The Bertz CT molecular complexity index is 300. The van der Waals surface area contributed by atoms with Crippen LogP contribution >= 0.6 is 0 Å². The van der Waals surface area contributed by atoms with Crippen LogP contribution in [-0.4, -0.2) is 30.3 Å². The zero-order chi connectivity index (χ0) is 11.1. The van der Waals surface area contributed by atoms with Crippen molar-refractivity contribution >= 4 is 5.91 Å². The Morgan fingerprint density at radius 1 is 1.47 bits per heavy atom. The van der Waals surface area contributed by atoms with Gasteiger partial charge < -0.3 is 15.2 Å². The Labute approximate surface area is 88.9 Å². The van der Waals surface area contributed by atoms with E-state index < -0.39 is 6.10 Å². The highest BCUT2D eigenvalue weighted by atomic mass is 16.5. The van der Waals surface area contributed by atoms with Crippen LogP contribution in [0.1, 0.15) is 6.92 Å². The molecule has 4 heteroatoms. The first-order valence-electron chi connectivity index (χ1n) is 4.84. The van der Waals surface area contributed by atoms with E-state index in [-0.39, 0.29) is 19.1 Å². The molecular formula is C11H15NO3. The highest BCUT2D eigenvalue weighted by Crippen LogP contribution is 2.10. The molecule has 0 heterocycles. The molecule has 0 bridgehead atoms. The van der Waals surface area contributed by atoms with Gasteiger partial charge in [-0.05, 0) is 19.1 Å². The number of rotatable bonds is 5. The summed E-state index contributed by atoms with van der Waals surface area (Å²) in [6.07, 6.45) is -0.557. The Morgan fingerprint density at radius 2 is 2.13 bits per heavy atom. The number of benzene rings is 1. The minimum Gasteiger partial charge on any atom is -0.481 e. The fourth-order valence-corrected chi connectivity index (χ4v) is 1.08. The number of carbonyl (C=O) groups excluding carboxylic acids is 1. The van der Waals surface area contributed by atoms with E-state index in [0.717, 1.165) is 0 Å². The van der Waals surface area contributed by atoms with Crippen molar-refractivity contribution in [3.05, 3.63) is 30.3 Å². The first-order chi connectivity index (χ1) is 7.24. The average molecular weight is 209 g/mol. The normalized spacial score (nSPS) is 11.9. The van der Waals surface area contributed by atoms with Crippen molar-refractivity contribution in [2.45, 2.75) is 13.0 Å². The first kappa shape index (κ1) is 11.5. The lowest BCUT2D eigenvalue weighted by molar-refractivity contribution is -0.127. The molecule has 1 aromatic rings. The third kappa shape index (κ3) is 3.99. The molecule has 1 atom stereocenters. The van der Waals surface area contributed by atoms with Gasteiger partial charge in [-0.1, -0.05) is 18.2 Å². The second-order valence-corrected chi connectivity index (χ2v) is 3.09. The number of para-hydroxylation sites is 1. The van der Waals surface area contributed by atoms with Gasteiger partial charge in [0, 0.05) is 6.54 Å². The quantitative estimate of drug-likeness (QED) is 0.745. The minimum atomic E-state index is -0.557. The summed E-state index contributed by atoms with van der Waals surface area (Å²) < 4.78 is 5.38. The molecule has 1 amide bonds. The van der Waals surface area contributed by atoms with E-state index in [1.165, 1.54) is 0 Å². The highest BCUT2D eigenvalue weighted by molar-refractivity contribution is 5.80. The van der Waals surface area contributed by atoms with E-state index in [4.69, 9.17) is 9.84 Å². The molecule has 0 aliphatic rings. The lowest BCUT2D eigenvalue weighted by atomic mass is 10.3. The molecule has 0 aromatic heterocycles. The average Bonchev–Trinajstić information content (AvgIpc) is 2.27. The number of aliphatic hydroxyl groups is 1. The van der Waals surface area contributed by atoms with Gasteiger partial charge in [-0.3, -0.25) is 4.79 Å². The van der Waals surface area contributed by atoms with Gasteiger partial charge in [0.2, 0.25) is 0 Å². The van der Waals surface area contributed by atoms with Crippen LogP contribution in [0.5, 0.6) is 5.75 Å². The van der Waals surface area contributed by atoms with Crippen molar-refractivity contribution < 1.29 is 14.6 Å². The van der Waals surface area contributed by atoms with Gasteiger partial charge in [-0.25, -0.2) is 0 Å². The molecule has 15 heavy (non-hydrogen) atoms. The summed E-state index contributed by atoms with van der Waals surface area (Å²) in [5.41, 5.74) is 0. The summed E-state index contributed by atoms with van der Waals surface area (Å²) >= 11 is 0. The van der Waals surface area contributed by atoms with Crippen LogP contribution in [0.25, 0.3) is 0 Å². The van der Waals surface area contributed by atoms with Gasteiger partial charge in [0.15, 0.2) is 6.10 Å². The number of amides is 1. The van der Waals surface area contributed by atoms with Crippen LogP contribution in [-0.2, 0) is 4.79 Å². The van der Waals surface area contributed by atoms with E-state index in [9.17, 15) is 4.79 Å². The molecule has 1 aromatic carbocycles. The lowest BCUT2D eigenvalue weighted by Gasteiger charge is -2.13. The maximum atomic E-state index is 11.4. The molecule has 2 N–H and O–H groups in total. The zero-order valence-corrected chi connectivity index (χ0v) is 8.64. The molecular weight excluding hydrogens is 194 g/mol. The van der Waals surface area contributed by atoms with Crippen molar-refractivity contribution in [1.29, 1.82) is 0 Å². The Hall–Kier alpha value is -1.55. The van der Waals surface area contributed by atoms with Gasteiger partial charge in [0.25, 0.3) is 5.91 Å². The fourth-order valence-electron chi connectivity index (χ4n) is 1.08. The Kier molecular flexibility index (Phi) is 4.63. The molecule has 0 saturated heterocycles. The number of hydrogen-bond donors (Lipinski definition) is 2. The number of nitrogens with one attached hydrogen (secondary N) is 1. The van der Waals surface area contributed by atoms with Crippen LogP contribution in [0.3, 0.4) is 0 Å². The van der Waals surface area contributed by atoms with Gasteiger partial charge >= 0.3 is 0 Å². The van der Waals surface area contributed by atoms with Gasteiger partial charge in [0.05, 0.1) is 6.61 Å². The second-order valence-electron chi connectivity index (χ2n) is 3.09. The van der Waals surface area contributed by atoms with Crippen molar-refractivity contribution in [3.63, 3.8) is 0 Å². The molecule has 4 nitrogen and oxygen atoms in total. The predicted molar refractivity (Wildman–Crippen MR) is 56.6 cm³/mol. The van der Waals surface area contributed by atoms with Gasteiger partial charge in [0.1, 0.15) is 5.75 Å². The van der Waals surface area contributed by atoms with E-state index in [1.54, 1.807) is 19.1 Å². The van der Waals surface area contributed by atoms with E-state index in [0.29, 0.717) is 5.75 Å². The SMILES string of the molecule is C[C@H](Oc1ccccc1)C(=O)NCCO. The molecule has 0 radical (unpaired) electrons. The predicted octanol–water partition coefficient (Wildman–Crippen LogP) is 0.562. The van der Waals surface area contributed by atoms with Crippen molar-refractivity contribution in [2.24, 2.45) is 0 Å². The molecule has 0 fully saturated rings. The van der Waals surface area contributed by atoms with Crippen molar-refractivity contribution in [1.82, 2.24) is 5.32 Å². The van der Waals surface area contributed by atoms with Crippen LogP contribution in [0.15, 0.2) is 30.3 Å². The lowest BCUT2D eigenvalue weighted by Crippen LogP contribution is -2.37. The summed E-state index contributed by atoms with van der Waals surface area (Å²) in [6, 6.07) is 9.14. The van der Waals surface area contributed by atoms with Crippen LogP contribution in [0, 0.1) is 0 Å². The molecule has 0 saturated carbocycles. The molecule has 0 spiro atoms.